The van der Waals surface area contributed by atoms with Gasteiger partial charge in [-0.3, -0.25) is 9.48 Å². The van der Waals surface area contributed by atoms with Crippen LogP contribution in [0, 0.1) is 0 Å². The van der Waals surface area contributed by atoms with Crippen LogP contribution in [0.15, 0.2) is 36.7 Å². The number of nitrogens with one attached hydrogen (secondary N) is 1. The van der Waals surface area contributed by atoms with Gasteiger partial charge in [0.15, 0.2) is 11.6 Å². The number of carbonyl (C=O) groups excluding carboxylic acids is 1. The van der Waals surface area contributed by atoms with Crippen molar-refractivity contribution in [2.24, 2.45) is 0 Å². The highest BCUT2D eigenvalue weighted by molar-refractivity contribution is 5.93. The molecule has 0 radical (unpaired) electrons. The molecule has 2 N–H and O–H groups in total. The summed E-state index contributed by atoms with van der Waals surface area (Å²) in [7, 11) is 0. The summed E-state index contributed by atoms with van der Waals surface area (Å²) in [4.78, 5) is 23.6. The van der Waals surface area contributed by atoms with E-state index >= 15 is 0 Å². The maximum atomic E-state index is 12.3. The standard InChI is InChI=1S/C20H27N3O4/c1-13(27-16-9-7-14(8-10-16)19(2,3)4)17(24)22-15-11-21-23(12-15)20(5,6)18(25)26/h7-13H,1-6H3,(H,22,24)(H,25,26). The first-order valence-corrected chi connectivity index (χ1v) is 8.78. The number of hydrogen-bond donors (Lipinski definition) is 2. The molecule has 27 heavy (non-hydrogen) atoms. The lowest BCUT2D eigenvalue weighted by molar-refractivity contribution is -0.146. The van der Waals surface area contributed by atoms with E-state index in [-0.39, 0.29) is 11.3 Å². The Morgan fingerprint density at radius 1 is 1.15 bits per heavy atom. The number of rotatable bonds is 6. The van der Waals surface area contributed by atoms with Gasteiger partial charge in [-0.1, -0.05) is 32.9 Å². The fraction of sp³-hybridized carbons (Fsp3) is 0.450. The minimum atomic E-state index is -1.21. The predicted molar refractivity (Wildman–Crippen MR) is 103 cm³/mol. The van der Waals surface area contributed by atoms with Crippen LogP contribution in [0.3, 0.4) is 0 Å². The molecule has 0 fully saturated rings. The molecule has 0 aliphatic carbocycles. The third-order valence-corrected chi connectivity index (χ3v) is 4.35. The second-order valence-corrected chi connectivity index (χ2v) is 8.06. The highest BCUT2D eigenvalue weighted by Gasteiger charge is 2.30. The lowest BCUT2D eigenvalue weighted by Gasteiger charge is -2.20. The topological polar surface area (TPSA) is 93.5 Å². The molecule has 7 nitrogen and oxygen atoms in total. The second-order valence-electron chi connectivity index (χ2n) is 8.06. The summed E-state index contributed by atoms with van der Waals surface area (Å²) in [6, 6.07) is 7.66. The fourth-order valence-electron chi connectivity index (χ4n) is 2.33. The number of benzene rings is 1. The van der Waals surface area contributed by atoms with Crippen molar-refractivity contribution in [2.75, 3.05) is 5.32 Å². The normalized spacial score (nSPS) is 13.1. The van der Waals surface area contributed by atoms with Crippen molar-refractivity contribution in [3.8, 4) is 5.75 Å². The molecule has 1 atom stereocenters. The van der Waals surface area contributed by atoms with E-state index in [1.54, 1.807) is 6.92 Å². The first-order valence-electron chi connectivity index (χ1n) is 8.78. The Morgan fingerprint density at radius 2 is 1.74 bits per heavy atom. The van der Waals surface area contributed by atoms with E-state index in [4.69, 9.17) is 4.74 Å². The van der Waals surface area contributed by atoms with Crippen molar-refractivity contribution in [3.63, 3.8) is 0 Å². The van der Waals surface area contributed by atoms with E-state index in [1.807, 2.05) is 24.3 Å². The molecular weight excluding hydrogens is 346 g/mol. The first-order chi connectivity index (χ1) is 12.4. The van der Waals surface area contributed by atoms with Gasteiger partial charge in [0.1, 0.15) is 5.75 Å². The number of carboxylic acid groups (broad SMARTS) is 1. The molecule has 0 aliphatic rings. The first kappa shape index (κ1) is 20.5. The molecule has 1 heterocycles. The minimum absolute atomic E-state index is 0.0470. The zero-order valence-corrected chi connectivity index (χ0v) is 16.6. The van der Waals surface area contributed by atoms with Gasteiger partial charge in [-0.2, -0.15) is 5.10 Å². The average molecular weight is 373 g/mol. The van der Waals surface area contributed by atoms with E-state index in [1.165, 1.54) is 36.5 Å². The summed E-state index contributed by atoms with van der Waals surface area (Å²) >= 11 is 0. The molecule has 0 saturated heterocycles. The SMILES string of the molecule is CC(Oc1ccc(C(C)(C)C)cc1)C(=O)Nc1cnn(C(C)(C)C(=O)O)c1. The quantitative estimate of drug-likeness (QED) is 0.809. The summed E-state index contributed by atoms with van der Waals surface area (Å²) in [6.45, 7) is 11.1. The Labute approximate surface area is 159 Å². The van der Waals surface area contributed by atoms with E-state index in [2.05, 4.69) is 31.2 Å². The van der Waals surface area contributed by atoms with E-state index < -0.39 is 17.6 Å². The zero-order chi connectivity index (χ0) is 20.4. The van der Waals surface area contributed by atoms with Crippen LogP contribution in [-0.4, -0.2) is 32.9 Å². The van der Waals surface area contributed by atoms with Gasteiger partial charge in [0.2, 0.25) is 0 Å². The van der Waals surface area contributed by atoms with Crippen LogP contribution in [-0.2, 0) is 20.5 Å². The van der Waals surface area contributed by atoms with Gasteiger partial charge in [0, 0.05) is 6.20 Å². The highest BCUT2D eigenvalue weighted by atomic mass is 16.5. The second kappa shape index (κ2) is 7.42. The summed E-state index contributed by atoms with van der Waals surface area (Å²) < 4.78 is 6.99. The Hall–Kier alpha value is -2.83. The summed E-state index contributed by atoms with van der Waals surface area (Å²) in [5, 5.41) is 15.9. The Balaban J connectivity index is 2.00. The van der Waals surface area contributed by atoms with Crippen LogP contribution in [0.5, 0.6) is 5.75 Å². The highest BCUT2D eigenvalue weighted by Crippen LogP contribution is 2.25. The van der Waals surface area contributed by atoms with E-state index in [9.17, 15) is 14.7 Å². The van der Waals surface area contributed by atoms with Crippen LogP contribution in [0.4, 0.5) is 5.69 Å². The lowest BCUT2D eigenvalue weighted by Crippen LogP contribution is -2.36. The lowest BCUT2D eigenvalue weighted by atomic mass is 9.87. The molecule has 0 spiro atoms. The molecule has 7 heteroatoms. The summed E-state index contributed by atoms with van der Waals surface area (Å²) in [6.07, 6.45) is 2.17. The van der Waals surface area contributed by atoms with E-state index in [0.29, 0.717) is 11.4 Å². The van der Waals surface area contributed by atoms with Crippen LogP contribution in [0.1, 0.15) is 47.1 Å². The van der Waals surface area contributed by atoms with Gasteiger partial charge < -0.3 is 15.2 Å². The Bertz CT molecular complexity index is 816. The zero-order valence-electron chi connectivity index (χ0n) is 16.6. The van der Waals surface area contributed by atoms with Gasteiger partial charge in [-0.25, -0.2) is 4.79 Å². The van der Waals surface area contributed by atoms with Gasteiger partial charge in [0.05, 0.1) is 11.9 Å². The van der Waals surface area contributed by atoms with Gasteiger partial charge in [0.25, 0.3) is 5.91 Å². The number of ether oxygens (including phenoxy) is 1. The smallest absolute Gasteiger partial charge is 0.331 e. The third-order valence-electron chi connectivity index (χ3n) is 4.35. The number of nitrogens with zero attached hydrogens (tertiary/aromatic N) is 2. The molecular formula is C20H27N3O4. The number of aliphatic carboxylic acids is 1. The van der Waals surface area contributed by atoms with Crippen LogP contribution >= 0.6 is 0 Å². The molecule has 0 aliphatic heterocycles. The van der Waals surface area contributed by atoms with E-state index in [0.717, 1.165) is 0 Å². The van der Waals surface area contributed by atoms with Crippen molar-refractivity contribution in [1.82, 2.24) is 9.78 Å². The number of aromatic nitrogens is 2. The molecule has 2 rings (SSSR count). The number of carbonyl (C=O) groups is 2. The van der Waals surface area contributed by atoms with Gasteiger partial charge in [-0.05, 0) is 43.9 Å². The molecule has 0 saturated carbocycles. The van der Waals surface area contributed by atoms with Crippen LogP contribution in [0.25, 0.3) is 0 Å². The molecule has 1 unspecified atom stereocenters. The fourth-order valence-corrected chi connectivity index (χ4v) is 2.33. The van der Waals surface area contributed by atoms with Crippen LogP contribution < -0.4 is 10.1 Å². The summed E-state index contributed by atoms with van der Waals surface area (Å²) in [5.41, 5.74) is 0.430. The third kappa shape index (κ3) is 4.87. The van der Waals surface area contributed by atoms with Gasteiger partial charge >= 0.3 is 5.97 Å². The van der Waals surface area contributed by atoms with Gasteiger partial charge in [-0.15, -0.1) is 0 Å². The molecule has 1 aromatic heterocycles. The number of anilines is 1. The van der Waals surface area contributed by atoms with Crippen molar-refractivity contribution in [3.05, 3.63) is 42.2 Å². The van der Waals surface area contributed by atoms with Crippen LogP contribution in [0.2, 0.25) is 0 Å². The number of hydrogen-bond acceptors (Lipinski definition) is 4. The maximum Gasteiger partial charge on any atom is 0.331 e. The largest absolute Gasteiger partial charge is 0.481 e. The molecule has 1 aromatic carbocycles. The predicted octanol–water partition coefficient (Wildman–Crippen LogP) is 3.41. The van der Waals surface area contributed by atoms with Crippen molar-refractivity contribution < 1.29 is 19.4 Å². The van der Waals surface area contributed by atoms with Crippen molar-refractivity contribution >= 4 is 17.6 Å². The average Bonchev–Trinajstić information content (AvgIpc) is 3.03. The number of carboxylic acids is 1. The Kier molecular flexibility index (Phi) is 5.63. The maximum absolute atomic E-state index is 12.3. The van der Waals surface area contributed by atoms with Crippen molar-refractivity contribution in [2.45, 2.75) is 58.6 Å². The molecule has 0 bridgehead atoms. The monoisotopic (exact) mass is 373 g/mol. The Morgan fingerprint density at radius 3 is 2.26 bits per heavy atom. The number of amides is 1. The summed E-state index contributed by atoms with van der Waals surface area (Å²) in [5.74, 6) is -0.755. The minimum Gasteiger partial charge on any atom is -0.481 e. The molecule has 146 valence electrons. The molecule has 2 aromatic rings. The molecule has 1 amide bonds. The van der Waals surface area contributed by atoms with Crippen molar-refractivity contribution in [1.29, 1.82) is 0 Å².